The smallest absolute Gasteiger partial charge is 0.130 e. The van der Waals surface area contributed by atoms with E-state index in [0.717, 1.165) is 0 Å². The number of rotatable bonds is 3. The van der Waals surface area contributed by atoms with Crippen LogP contribution < -0.4 is 22.9 Å². The molecular formula is C14H18N4O2. The lowest BCUT2D eigenvalue weighted by Gasteiger charge is -2.41. The van der Waals surface area contributed by atoms with Crippen LogP contribution >= 0.6 is 0 Å². The molecule has 0 aliphatic rings. The number of phenolic OH excluding ortho intramolecular Hbond substituents is 2. The molecule has 0 heterocycles. The molecule has 2 aromatic rings. The molecule has 0 amide bonds. The van der Waals surface area contributed by atoms with Gasteiger partial charge in [0.05, 0.1) is 0 Å². The van der Waals surface area contributed by atoms with Gasteiger partial charge in [0.2, 0.25) is 0 Å². The molecule has 0 bridgehead atoms. The van der Waals surface area contributed by atoms with Crippen LogP contribution in [0.3, 0.4) is 0 Å². The van der Waals surface area contributed by atoms with Crippen molar-refractivity contribution in [3.8, 4) is 11.5 Å². The summed E-state index contributed by atoms with van der Waals surface area (Å²) in [5.41, 5.74) is 21.1. The van der Waals surface area contributed by atoms with Crippen LogP contribution in [0, 0.1) is 0 Å². The average molecular weight is 274 g/mol. The van der Waals surface area contributed by atoms with Crippen LogP contribution in [0.2, 0.25) is 0 Å². The minimum Gasteiger partial charge on any atom is -0.508 e. The third kappa shape index (κ3) is 2.10. The summed E-state index contributed by atoms with van der Waals surface area (Å²) in [6.45, 7) is 0. The molecule has 106 valence electrons. The fourth-order valence-electron chi connectivity index (χ4n) is 2.09. The first-order valence-electron chi connectivity index (χ1n) is 6.01. The van der Waals surface area contributed by atoms with E-state index in [9.17, 15) is 10.2 Å². The SMILES string of the molecule is NC(N)(c1ccccc1O)C(N)(N)c1ccccc1O. The molecule has 0 saturated carbocycles. The molecule has 2 rings (SSSR count). The van der Waals surface area contributed by atoms with Crippen molar-refractivity contribution in [1.82, 2.24) is 0 Å². The fourth-order valence-corrected chi connectivity index (χ4v) is 2.09. The summed E-state index contributed by atoms with van der Waals surface area (Å²) >= 11 is 0. The first-order chi connectivity index (χ1) is 9.28. The molecule has 0 saturated heterocycles. The molecule has 2 aromatic carbocycles. The van der Waals surface area contributed by atoms with Crippen LogP contribution in [-0.2, 0) is 11.3 Å². The average Bonchev–Trinajstić information content (AvgIpc) is 2.39. The summed E-state index contributed by atoms with van der Waals surface area (Å²) in [7, 11) is 0. The zero-order valence-corrected chi connectivity index (χ0v) is 10.8. The third-order valence-corrected chi connectivity index (χ3v) is 3.38. The lowest BCUT2D eigenvalue weighted by atomic mass is 9.82. The maximum Gasteiger partial charge on any atom is 0.130 e. The fraction of sp³-hybridized carbons (Fsp3) is 0.143. The van der Waals surface area contributed by atoms with Gasteiger partial charge in [-0.05, 0) is 12.1 Å². The Morgan fingerprint density at radius 2 is 0.900 bits per heavy atom. The predicted molar refractivity (Wildman–Crippen MR) is 76.3 cm³/mol. The van der Waals surface area contributed by atoms with E-state index in [1.54, 1.807) is 24.3 Å². The lowest BCUT2D eigenvalue weighted by Crippen LogP contribution is -2.71. The first kappa shape index (κ1) is 14.3. The van der Waals surface area contributed by atoms with Gasteiger partial charge in [-0.2, -0.15) is 0 Å². The highest BCUT2D eigenvalue weighted by Gasteiger charge is 2.45. The topological polar surface area (TPSA) is 145 Å². The van der Waals surface area contributed by atoms with Crippen molar-refractivity contribution < 1.29 is 10.2 Å². The summed E-state index contributed by atoms with van der Waals surface area (Å²) in [6, 6.07) is 12.5. The van der Waals surface area contributed by atoms with E-state index in [1.807, 2.05) is 0 Å². The molecule has 10 N–H and O–H groups in total. The second-order valence-electron chi connectivity index (χ2n) is 4.77. The highest BCUT2D eigenvalue weighted by Crippen LogP contribution is 2.36. The van der Waals surface area contributed by atoms with Crippen molar-refractivity contribution in [3.05, 3.63) is 59.7 Å². The van der Waals surface area contributed by atoms with Gasteiger partial charge in [-0.15, -0.1) is 0 Å². The highest BCUT2D eigenvalue weighted by atomic mass is 16.3. The monoisotopic (exact) mass is 274 g/mol. The molecule has 0 aromatic heterocycles. The van der Waals surface area contributed by atoms with E-state index in [1.165, 1.54) is 24.3 Å². The largest absolute Gasteiger partial charge is 0.508 e. The molecule has 0 spiro atoms. The summed E-state index contributed by atoms with van der Waals surface area (Å²) in [6.07, 6.45) is 0. The Labute approximate surface area is 116 Å². The number of aromatic hydroxyl groups is 2. The van der Waals surface area contributed by atoms with Crippen LogP contribution in [0.5, 0.6) is 11.5 Å². The van der Waals surface area contributed by atoms with E-state index in [2.05, 4.69) is 0 Å². The quantitative estimate of drug-likeness (QED) is 0.432. The Balaban J connectivity index is 2.58. The molecule has 0 fully saturated rings. The minimum atomic E-state index is -1.78. The molecule has 0 aliphatic heterocycles. The highest BCUT2D eigenvalue weighted by molar-refractivity contribution is 5.45. The van der Waals surface area contributed by atoms with Crippen molar-refractivity contribution in [3.63, 3.8) is 0 Å². The van der Waals surface area contributed by atoms with E-state index in [4.69, 9.17) is 22.9 Å². The lowest BCUT2D eigenvalue weighted by molar-refractivity contribution is 0.223. The number of hydrogen-bond acceptors (Lipinski definition) is 6. The second-order valence-corrected chi connectivity index (χ2v) is 4.77. The molecule has 0 radical (unpaired) electrons. The van der Waals surface area contributed by atoms with Gasteiger partial charge in [0.25, 0.3) is 0 Å². The standard InChI is InChI=1S/C14H18N4O2/c15-13(16,9-5-1-3-7-11(9)19)14(17,18)10-6-2-4-8-12(10)20/h1-8,19-20H,15-18H2. The minimum absolute atomic E-state index is 0.117. The van der Waals surface area contributed by atoms with Gasteiger partial charge < -0.3 is 33.1 Å². The zero-order chi connectivity index (χ0) is 15.0. The Hall–Kier alpha value is -2.12. The molecule has 0 atom stereocenters. The van der Waals surface area contributed by atoms with E-state index in [-0.39, 0.29) is 22.6 Å². The first-order valence-corrected chi connectivity index (χ1v) is 6.01. The number of hydrogen-bond donors (Lipinski definition) is 6. The van der Waals surface area contributed by atoms with Gasteiger partial charge in [0, 0.05) is 11.1 Å². The Bertz CT molecular complexity index is 571. The second kappa shape index (κ2) is 4.77. The Kier molecular flexibility index (Phi) is 3.41. The summed E-state index contributed by atoms with van der Waals surface area (Å²) < 4.78 is 0. The van der Waals surface area contributed by atoms with Crippen LogP contribution in [0.25, 0.3) is 0 Å². The van der Waals surface area contributed by atoms with Crippen molar-refractivity contribution >= 4 is 0 Å². The van der Waals surface area contributed by atoms with Crippen LogP contribution in [0.1, 0.15) is 11.1 Å². The molecule has 0 unspecified atom stereocenters. The van der Waals surface area contributed by atoms with E-state index in [0.29, 0.717) is 0 Å². The maximum atomic E-state index is 9.89. The van der Waals surface area contributed by atoms with Gasteiger partial charge in [-0.25, -0.2) is 0 Å². The van der Waals surface area contributed by atoms with E-state index < -0.39 is 11.3 Å². The van der Waals surface area contributed by atoms with Crippen LogP contribution in [0.15, 0.2) is 48.5 Å². The van der Waals surface area contributed by atoms with Gasteiger partial charge in [-0.1, -0.05) is 36.4 Å². The zero-order valence-electron chi connectivity index (χ0n) is 10.8. The maximum absolute atomic E-state index is 9.89. The number of nitrogens with two attached hydrogens (primary N) is 4. The van der Waals surface area contributed by atoms with Gasteiger partial charge in [0.15, 0.2) is 0 Å². The Morgan fingerprint density at radius 1 is 0.600 bits per heavy atom. The number of phenols is 2. The predicted octanol–water partition coefficient (Wildman–Crippen LogP) is -0.0616. The van der Waals surface area contributed by atoms with Gasteiger partial charge in [0.1, 0.15) is 22.8 Å². The molecule has 6 nitrogen and oxygen atoms in total. The van der Waals surface area contributed by atoms with Crippen molar-refractivity contribution in [2.45, 2.75) is 11.3 Å². The summed E-state index contributed by atoms with van der Waals surface area (Å²) in [4.78, 5) is 0. The Morgan fingerprint density at radius 3 is 1.20 bits per heavy atom. The summed E-state index contributed by atoms with van der Waals surface area (Å²) in [5.74, 6) is -0.235. The van der Waals surface area contributed by atoms with Crippen molar-refractivity contribution in [2.24, 2.45) is 22.9 Å². The molecule has 20 heavy (non-hydrogen) atoms. The molecule has 0 aliphatic carbocycles. The molecular weight excluding hydrogens is 256 g/mol. The number of para-hydroxylation sites is 2. The number of benzene rings is 2. The van der Waals surface area contributed by atoms with Crippen LogP contribution in [-0.4, -0.2) is 10.2 Å². The van der Waals surface area contributed by atoms with E-state index >= 15 is 0 Å². The normalized spacial score (nSPS) is 12.4. The van der Waals surface area contributed by atoms with Gasteiger partial charge in [-0.3, -0.25) is 0 Å². The van der Waals surface area contributed by atoms with Crippen molar-refractivity contribution in [2.75, 3.05) is 0 Å². The van der Waals surface area contributed by atoms with Crippen molar-refractivity contribution in [1.29, 1.82) is 0 Å². The van der Waals surface area contributed by atoms with Gasteiger partial charge >= 0.3 is 0 Å². The third-order valence-electron chi connectivity index (χ3n) is 3.38. The summed E-state index contributed by atoms with van der Waals surface area (Å²) in [5, 5.41) is 19.8. The van der Waals surface area contributed by atoms with Crippen LogP contribution in [0.4, 0.5) is 0 Å². The molecule has 6 heteroatoms.